The highest BCUT2D eigenvalue weighted by Gasteiger charge is 2.22. The Hall–Kier alpha value is -2.08. The average molecular weight is 373 g/mol. The van der Waals surface area contributed by atoms with Crippen LogP contribution in [0.4, 0.5) is 0 Å². The van der Waals surface area contributed by atoms with Crippen LogP contribution in [0.25, 0.3) is 0 Å². The molecule has 0 amide bonds. The predicted molar refractivity (Wildman–Crippen MR) is 108 cm³/mol. The molecule has 0 atom stereocenters. The number of ether oxygens (including phenoxy) is 1. The molecule has 26 heavy (non-hydrogen) atoms. The van der Waals surface area contributed by atoms with Crippen LogP contribution in [0.3, 0.4) is 0 Å². The number of benzene rings is 1. The van der Waals surface area contributed by atoms with Gasteiger partial charge < -0.3 is 15.0 Å². The second-order valence-corrected chi connectivity index (χ2v) is 7.74. The van der Waals surface area contributed by atoms with Crippen LogP contribution >= 0.6 is 11.3 Å². The highest BCUT2D eigenvalue weighted by molar-refractivity contribution is 7.09. The van der Waals surface area contributed by atoms with E-state index < -0.39 is 0 Å². The van der Waals surface area contributed by atoms with Crippen LogP contribution < -0.4 is 10.1 Å². The SMILES string of the molecule is CN=C(NCc1csc(C(C)C)n1)N1CCC(Oc2ccccc2)CC1. The third-order valence-electron chi connectivity index (χ3n) is 4.49. The normalized spacial score (nSPS) is 16.2. The van der Waals surface area contributed by atoms with E-state index in [-0.39, 0.29) is 6.10 Å². The zero-order valence-electron chi connectivity index (χ0n) is 15.8. The summed E-state index contributed by atoms with van der Waals surface area (Å²) < 4.78 is 6.08. The predicted octanol–water partition coefficient (Wildman–Crippen LogP) is 3.89. The lowest BCUT2D eigenvalue weighted by atomic mass is 10.1. The van der Waals surface area contributed by atoms with Gasteiger partial charge in [-0.25, -0.2) is 4.98 Å². The molecule has 2 aromatic rings. The van der Waals surface area contributed by atoms with Crippen molar-refractivity contribution in [3.8, 4) is 5.75 Å². The largest absolute Gasteiger partial charge is 0.490 e. The number of piperidine rings is 1. The van der Waals surface area contributed by atoms with Crippen LogP contribution in [0, 0.1) is 0 Å². The molecule has 1 saturated heterocycles. The smallest absolute Gasteiger partial charge is 0.193 e. The molecule has 1 fully saturated rings. The summed E-state index contributed by atoms with van der Waals surface area (Å²) in [5.74, 6) is 2.39. The molecule has 140 valence electrons. The number of nitrogens with one attached hydrogen (secondary N) is 1. The molecule has 1 aliphatic heterocycles. The lowest BCUT2D eigenvalue weighted by molar-refractivity contribution is 0.129. The van der Waals surface area contributed by atoms with E-state index in [1.807, 2.05) is 37.4 Å². The number of thiazole rings is 1. The lowest BCUT2D eigenvalue weighted by Crippen LogP contribution is -2.47. The number of guanidine groups is 1. The number of para-hydroxylation sites is 1. The van der Waals surface area contributed by atoms with Crippen LogP contribution in [0.5, 0.6) is 5.75 Å². The van der Waals surface area contributed by atoms with E-state index in [1.165, 1.54) is 5.01 Å². The average Bonchev–Trinajstić information content (AvgIpc) is 3.14. The lowest BCUT2D eigenvalue weighted by Gasteiger charge is -2.34. The van der Waals surface area contributed by atoms with Crippen molar-refractivity contribution >= 4 is 17.3 Å². The minimum Gasteiger partial charge on any atom is -0.490 e. The van der Waals surface area contributed by atoms with Crippen molar-refractivity contribution < 1.29 is 4.74 Å². The molecule has 0 bridgehead atoms. The Bertz CT molecular complexity index is 706. The highest BCUT2D eigenvalue weighted by atomic mass is 32.1. The summed E-state index contributed by atoms with van der Waals surface area (Å²) in [4.78, 5) is 11.4. The molecule has 5 nitrogen and oxygen atoms in total. The first-order chi connectivity index (χ1) is 12.7. The molecule has 1 aliphatic rings. The molecule has 0 unspecified atom stereocenters. The Kier molecular flexibility index (Phi) is 6.50. The molecule has 3 rings (SSSR count). The quantitative estimate of drug-likeness (QED) is 0.639. The fraction of sp³-hybridized carbons (Fsp3) is 0.500. The van der Waals surface area contributed by atoms with Crippen LogP contribution in [-0.4, -0.2) is 42.1 Å². The maximum Gasteiger partial charge on any atom is 0.193 e. The van der Waals surface area contributed by atoms with E-state index in [0.29, 0.717) is 5.92 Å². The summed E-state index contributed by atoms with van der Waals surface area (Å²) in [5.41, 5.74) is 1.09. The van der Waals surface area contributed by atoms with Crippen molar-refractivity contribution in [3.05, 3.63) is 46.4 Å². The molecule has 2 heterocycles. The van der Waals surface area contributed by atoms with E-state index >= 15 is 0 Å². The molecule has 6 heteroatoms. The second-order valence-electron chi connectivity index (χ2n) is 6.85. The highest BCUT2D eigenvalue weighted by Crippen LogP contribution is 2.20. The minimum absolute atomic E-state index is 0.277. The number of hydrogen-bond acceptors (Lipinski definition) is 4. The van der Waals surface area contributed by atoms with Crippen LogP contribution in [0.2, 0.25) is 0 Å². The van der Waals surface area contributed by atoms with Crippen molar-refractivity contribution in [3.63, 3.8) is 0 Å². The van der Waals surface area contributed by atoms with Gasteiger partial charge in [0.2, 0.25) is 0 Å². The van der Waals surface area contributed by atoms with Crippen molar-refractivity contribution in [1.82, 2.24) is 15.2 Å². The molecule has 1 aromatic heterocycles. The molecule has 0 saturated carbocycles. The summed E-state index contributed by atoms with van der Waals surface area (Å²) >= 11 is 1.73. The maximum absolute atomic E-state index is 6.08. The van der Waals surface area contributed by atoms with Crippen molar-refractivity contribution in [2.75, 3.05) is 20.1 Å². The van der Waals surface area contributed by atoms with Gasteiger partial charge in [-0.1, -0.05) is 32.0 Å². The van der Waals surface area contributed by atoms with Crippen LogP contribution in [0.1, 0.15) is 43.3 Å². The molecule has 0 aliphatic carbocycles. The zero-order valence-corrected chi connectivity index (χ0v) is 16.6. The molecule has 1 N–H and O–H groups in total. The van der Waals surface area contributed by atoms with Crippen molar-refractivity contribution in [2.45, 2.75) is 45.3 Å². The van der Waals surface area contributed by atoms with Gasteiger partial charge in [0.15, 0.2) is 5.96 Å². The van der Waals surface area contributed by atoms with Crippen LogP contribution in [-0.2, 0) is 6.54 Å². The monoisotopic (exact) mass is 372 g/mol. The van der Waals surface area contributed by atoms with Gasteiger partial charge in [-0.2, -0.15) is 0 Å². The summed E-state index contributed by atoms with van der Waals surface area (Å²) in [7, 11) is 1.84. The van der Waals surface area contributed by atoms with E-state index in [2.05, 4.69) is 39.4 Å². The van der Waals surface area contributed by atoms with Gasteiger partial charge >= 0.3 is 0 Å². The number of aliphatic imine (C=N–C) groups is 1. The topological polar surface area (TPSA) is 49.8 Å². The van der Waals surface area contributed by atoms with Gasteiger partial charge in [-0.05, 0) is 12.1 Å². The van der Waals surface area contributed by atoms with Gasteiger partial charge in [-0.3, -0.25) is 4.99 Å². The molecule has 0 spiro atoms. The Balaban J connectivity index is 1.47. The van der Waals surface area contributed by atoms with Crippen LogP contribution in [0.15, 0.2) is 40.7 Å². The first-order valence-corrected chi connectivity index (χ1v) is 10.1. The third-order valence-corrected chi connectivity index (χ3v) is 5.68. The number of hydrogen-bond donors (Lipinski definition) is 1. The fourth-order valence-corrected chi connectivity index (χ4v) is 3.88. The Morgan fingerprint density at radius 2 is 2.04 bits per heavy atom. The second kappa shape index (κ2) is 9.03. The number of rotatable bonds is 5. The fourth-order valence-electron chi connectivity index (χ4n) is 3.05. The van der Waals surface area contributed by atoms with Gasteiger partial charge in [-0.15, -0.1) is 11.3 Å². The molecular formula is C20H28N4OS. The summed E-state index contributed by atoms with van der Waals surface area (Å²) in [5, 5.41) is 6.78. The summed E-state index contributed by atoms with van der Waals surface area (Å²) in [6.45, 7) is 6.97. The van der Waals surface area contributed by atoms with Gasteiger partial charge in [0, 0.05) is 44.3 Å². The molecule has 1 aromatic carbocycles. The first kappa shape index (κ1) is 18.7. The Morgan fingerprint density at radius 3 is 2.65 bits per heavy atom. The number of nitrogens with zero attached hydrogens (tertiary/aromatic N) is 3. The van der Waals surface area contributed by atoms with E-state index in [4.69, 9.17) is 4.74 Å². The van der Waals surface area contributed by atoms with E-state index in [9.17, 15) is 0 Å². The molecule has 0 radical (unpaired) electrons. The standard InChI is InChI=1S/C20H28N4OS/c1-15(2)19-23-16(14-26-19)13-22-20(21-3)24-11-9-18(10-12-24)25-17-7-5-4-6-8-17/h4-8,14-15,18H,9-13H2,1-3H3,(H,21,22). The third kappa shape index (κ3) is 4.97. The Labute approximate surface area is 160 Å². The van der Waals surface area contributed by atoms with E-state index in [1.54, 1.807) is 11.3 Å². The number of likely N-dealkylation sites (tertiary alicyclic amines) is 1. The molecular weight excluding hydrogens is 344 g/mol. The maximum atomic E-state index is 6.08. The Morgan fingerprint density at radius 1 is 1.31 bits per heavy atom. The van der Waals surface area contributed by atoms with Crippen molar-refractivity contribution in [1.29, 1.82) is 0 Å². The number of aromatic nitrogens is 1. The first-order valence-electron chi connectivity index (χ1n) is 9.27. The minimum atomic E-state index is 0.277. The zero-order chi connectivity index (χ0) is 18.4. The summed E-state index contributed by atoms with van der Waals surface area (Å²) in [6, 6.07) is 10.1. The van der Waals surface area contributed by atoms with Crippen molar-refractivity contribution in [2.24, 2.45) is 4.99 Å². The van der Waals surface area contributed by atoms with Gasteiger partial charge in [0.25, 0.3) is 0 Å². The van der Waals surface area contributed by atoms with E-state index in [0.717, 1.165) is 49.9 Å². The summed E-state index contributed by atoms with van der Waals surface area (Å²) in [6.07, 6.45) is 2.28. The van der Waals surface area contributed by atoms with Gasteiger partial charge in [0.1, 0.15) is 11.9 Å². The van der Waals surface area contributed by atoms with Gasteiger partial charge in [0.05, 0.1) is 17.2 Å².